The molecule has 1 saturated heterocycles. The van der Waals surface area contributed by atoms with Gasteiger partial charge < -0.3 is 19.9 Å². The molecule has 1 aliphatic heterocycles. The highest BCUT2D eigenvalue weighted by Gasteiger charge is 2.20. The lowest BCUT2D eigenvalue weighted by atomic mass is 10.0. The van der Waals surface area contributed by atoms with E-state index in [1.165, 1.54) is 24.2 Å². The second-order valence-electron chi connectivity index (χ2n) is 7.58. The van der Waals surface area contributed by atoms with Crippen molar-refractivity contribution in [3.63, 3.8) is 0 Å². The summed E-state index contributed by atoms with van der Waals surface area (Å²) in [5.74, 6) is 1.24. The van der Waals surface area contributed by atoms with Gasteiger partial charge in [0.1, 0.15) is 23.8 Å². The van der Waals surface area contributed by atoms with Crippen molar-refractivity contribution in [3.8, 4) is 16.9 Å². The zero-order chi connectivity index (χ0) is 21.1. The number of nitrogens with zero attached hydrogens (tertiary/aromatic N) is 2. The number of hydrogen-bond acceptors (Lipinski definition) is 7. The van der Waals surface area contributed by atoms with Crippen molar-refractivity contribution in [2.24, 2.45) is 0 Å². The summed E-state index contributed by atoms with van der Waals surface area (Å²) < 4.78 is 11.6. The van der Waals surface area contributed by atoms with Crippen molar-refractivity contribution in [2.75, 3.05) is 18.5 Å². The third-order valence-electron chi connectivity index (χ3n) is 5.35. The molecule has 3 aromatic rings. The summed E-state index contributed by atoms with van der Waals surface area (Å²) in [6.45, 7) is 7.30. The van der Waals surface area contributed by atoms with Crippen LogP contribution in [0.3, 0.4) is 0 Å². The number of aryl methyl sites for hydroxylation is 3. The van der Waals surface area contributed by atoms with Gasteiger partial charge in [0.05, 0.1) is 16.8 Å². The Balaban J connectivity index is 1.61. The summed E-state index contributed by atoms with van der Waals surface area (Å²) in [7, 11) is 0. The molecule has 1 amide bonds. The number of aromatic nitrogens is 2. The largest absolute Gasteiger partial charge is 0.491 e. The van der Waals surface area contributed by atoms with Crippen molar-refractivity contribution in [3.05, 3.63) is 45.7 Å². The third-order valence-corrected chi connectivity index (χ3v) is 6.11. The summed E-state index contributed by atoms with van der Waals surface area (Å²) >= 11 is 1.45. The van der Waals surface area contributed by atoms with Crippen LogP contribution in [0.5, 0.6) is 5.75 Å². The van der Waals surface area contributed by atoms with Crippen LogP contribution in [0.15, 0.2) is 28.2 Å². The maximum absolute atomic E-state index is 12.6. The Bertz CT molecular complexity index is 1020. The van der Waals surface area contributed by atoms with Gasteiger partial charge in [-0.2, -0.15) is 0 Å². The van der Waals surface area contributed by atoms with Crippen LogP contribution in [0.25, 0.3) is 11.1 Å². The van der Waals surface area contributed by atoms with Crippen molar-refractivity contribution in [1.29, 1.82) is 0 Å². The molecule has 3 heterocycles. The van der Waals surface area contributed by atoms with Crippen LogP contribution < -0.4 is 15.4 Å². The fraction of sp³-hybridized carbons (Fsp3) is 0.409. The van der Waals surface area contributed by atoms with Crippen molar-refractivity contribution in [1.82, 2.24) is 15.5 Å². The molecule has 2 N–H and O–H groups in total. The number of benzene rings is 1. The molecule has 0 aliphatic carbocycles. The quantitative estimate of drug-likeness (QED) is 0.603. The molecule has 0 saturated carbocycles. The van der Waals surface area contributed by atoms with Crippen LogP contribution in [0.1, 0.15) is 46.1 Å². The topological polar surface area (TPSA) is 89.3 Å². The van der Waals surface area contributed by atoms with E-state index in [9.17, 15) is 4.79 Å². The van der Waals surface area contributed by atoms with Gasteiger partial charge in [-0.15, -0.1) is 11.3 Å². The number of rotatable bonds is 6. The molecule has 0 bridgehead atoms. The van der Waals surface area contributed by atoms with Gasteiger partial charge in [-0.05, 0) is 58.4 Å². The highest BCUT2D eigenvalue weighted by molar-refractivity contribution is 7.09. The Labute approximate surface area is 179 Å². The summed E-state index contributed by atoms with van der Waals surface area (Å²) in [5, 5.41) is 10.5. The predicted octanol–water partition coefficient (Wildman–Crippen LogP) is 4.50. The lowest BCUT2D eigenvalue weighted by Crippen LogP contribution is -2.38. The van der Waals surface area contributed by atoms with E-state index in [1.807, 2.05) is 39.0 Å². The number of hydrogen-bond donors (Lipinski definition) is 2. The average molecular weight is 427 g/mol. The third kappa shape index (κ3) is 4.39. The smallest absolute Gasteiger partial charge is 0.275 e. The average Bonchev–Trinajstić information content (AvgIpc) is 3.32. The maximum atomic E-state index is 12.6. The Morgan fingerprint density at radius 3 is 2.87 bits per heavy atom. The van der Waals surface area contributed by atoms with Gasteiger partial charge in [0, 0.05) is 22.2 Å². The van der Waals surface area contributed by atoms with Gasteiger partial charge in [-0.25, -0.2) is 4.98 Å². The van der Waals surface area contributed by atoms with E-state index in [-0.39, 0.29) is 5.91 Å². The highest BCUT2D eigenvalue weighted by Crippen LogP contribution is 2.37. The van der Waals surface area contributed by atoms with Gasteiger partial charge in [0.25, 0.3) is 5.91 Å². The summed E-state index contributed by atoms with van der Waals surface area (Å²) in [6, 6.07) is 6.01. The second kappa shape index (κ2) is 8.97. The molecule has 30 heavy (non-hydrogen) atoms. The monoisotopic (exact) mass is 426 g/mol. The molecule has 1 aliphatic rings. The van der Waals surface area contributed by atoms with Crippen molar-refractivity contribution in [2.45, 2.75) is 46.1 Å². The first kappa shape index (κ1) is 20.6. The predicted molar refractivity (Wildman–Crippen MR) is 117 cm³/mol. The zero-order valence-corrected chi connectivity index (χ0v) is 18.3. The first-order valence-corrected chi connectivity index (χ1v) is 11.1. The van der Waals surface area contributed by atoms with E-state index in [0.717, 1.165) is 40.4 Å². The molecule has 1 fully saturated rings. The number of thiazole rings is 1. The Kier molecular flexibility index (Phi) is 6.15. The molecule has 8 heteroatoms. The molecule has 1 aromatic carbocycles. The number of nitrogens with one attached hydrogen (secondary N) is 2. The van der Waals surface area contributed by atoms with Crippen LogP contribution in [0.4, 0.5) is 5.69 Å². The number of ether oxygens (including phenoxy) is 1. The fourth-order valence-electron chi connectivity index (χ4n) is 3.77. The SMILES string of the molecule is Cc1noc(C)c1-c1cc(NC(=O)c2ncsc2C)ccc1OCC1CCCCN1. The van der Waals surface area contributed by atoms with E-state index in [2.05, 4.69) is 20.8 Å². The van der Waals surface area contributed by atoms with Crippen molar-refractivity contribution >= 4 is 22.9 Å². The Hall–Kier alpha value is -2.71. The molecule has 0 spiro atoms. The second-order valence-corrected chi connectivity index (χ2v) is 8.64. The van der Waals surface area contributed by atoms with Crippen molar-refractivity contribution < 1.29 is 14.1 Å². The van der Waals surface area contributed by atoms with E-state index < -0.39 is 0 Å². The molecular formula is C22H26N4O3S. The van der Waals surface area contributed by atoms with Gasteiger partial charge in [0.2, 0.25) is 0 Å². The first-order valence-electron chi connectivity index (χ1n) is 10.2. The van der Waals surface area contributed by atoms with E-state index >= 15 is 0 Å². The standard InChI is InChI=1S/C22H26N4O3S/c1-13-20(14(2)29-26-13)18-10-16(25-22(27)21-15(3)30-12-24-21)7-8-19(18)28-11-17-6-4-5-9-23-17/h7-8,10,12,17,23H,4-6,9,11H2,1-3H3,(H,25,27). The number of carbonyl (C=O) groups excluding carboxylic acids is 1. The van der Waals surface area contributed by atoms with Crippen LogP contribution in [-0.2, 0) is 0 Å². The van der Waals surface area contributed by atoms with Gasteiger partial charge in [-0.1, -0.05) is 11.6 Å². The van der Waals surface area contributed by atoms with Gasteiger partial charge in [0.15, 0.2) is 0 Å². The lowest BCUT2D eigenvalue weighted by molar-refractivity contribution is 0.102. The van der Waals surface area contributed by atoms with Crippen LogP contribution in [0.2, 0.25) is 0 Å². The molecule has 158 valence electrons. The summed E-state index contributed by atoms with van der Waals surface area (Å²) in [4.78, 5) is 17.7. The Morgan fingerprint density at radius 1 is 1.33 bits per heavy atom. The summed E-state index contributed by atoms with van der Waals surface area (Å²) in [6.07, 6.45) is 3.55. The van der Waals surface area contributed by atoms with Crippen LogP contribution in [0, 0.1) is 20.8 Å². The van der Waals surface area contributed by atoms with E-state index in [1.54, 1.807) is 5.51 Å². The summed E-state index contributed by atoms with van der Waals surface area (Å²) in [5.41, 5.74) is 5.33. The molecular weight excluding hydrogens is 400 g/mol. The Morgan fingerprint density at radius 2 is 2.20 bits per heavy atom. The normalized spacial score (nSPS) is 16.4. The van der Waals surface area contributed by atoms with Gasteiger partial charge >= 0.3 is 0 Å². The first-order chi connectivity index (χ1) is 14.5. The molecule has 4 rings (SSSR count). The minimum absolute atomic E-state index is 0.224. The number of carbonyl (C=O) groups is 1. The molecule has 1 unspecified atom stereocenters. The van der Waals surface area contributed by atoms with Crippen LogP contribution >= 0.6 is 11.3 Å². The molecule has 2 aromatic heterocycles. The molecule has 1 atom stereocenters. The van der Waals surface area contributed by atoms with E-state index in [4.69, 9.17) is 9.26 Å². The number of piperidine rings is 1. The zero-order valence-electron chi connectivity index (χ0n) is 17.4. The number of anilines is 1. The maximum Gasteiger partial charge on any atom is 0.275 e. The molecule has 0 radical (unpaired) electrons. The lowest BCUT2D eigenvalue weighted by Gasteiger charge is -2.24. The number of amides is 1. The molecule has 7 nitrogen and oxygen atoms in total. The minimum Gasteiger partial charge on any atom is -0.491 e. The highest BCUT2D eigenvalue weighted by atomic mass is 32.1. The van der Waals surface area contributed by atoms with E-state index in [0.29, 0.717) is 29.8 Å². The van der Waals surface area contributed by atoms with Gasteiger partial charge in [-0.3, -0.25) is 4.79 Å². The fourth-order valence-corrected chi connectivity index (χ4v) is 4.34. The minimum atomic E-state index is -0.224. The van der Waals surface area contributed by atoms with Crippen LogP contribution in [-0.4, -0.2) is 35.2 Å².